The predicted molar refractivity (Wildman–Crippen MR) is 124 cm³/mol. The molecule has 0 atom stereocenters. The number of anilines is 2. The third-order valence-electron chi connectivity index (χ3n) is 4.49. The number of alkyl halides is 3. The van der Waals surface area contributed by atoms with Gasteiger partial charge in [-0.2, -0.15) is 0 Å². The van der Waals surface area contributed by atoms with E-state index < -0.39 is 6.36 Å². The second-order valence-corrected chi connectivity index (χ2v) is 7.59. The van der Waals surface area contributed by atoms with E-state index in [2.05, 4.69) is 25.0 Å². The minimum Gasteiger partial charge on any atom is -0.477 e. The van der Waals surface area contributed by atoms with Crippen molar-refractivity contribution in [1.82, 2.24) is 19.9 Å². The smallest absolute Gasteiger partial charge is 0.477 e. The molecule has 0 aliphatic heterocycles. The van der Waals surface area contributed by atoms with Crippen LogP contribution < -0.4 is 14.8 Å². The highest BCUT2D eigenvalue weighted by Crippen LogP contribution is 2.30. The lowest BCUT2D eigenvalue weighted by atomic mass is 10.1. The Kier molecular flexibility index (Phi) is 8.42. The Morgan fingerprint density at radius 3 is 2.59 bits per heavy atom. The predicted octanol–water partition coefficient (Wildman–Crippen LogP) is 5.59. The number of benzene rings is 1. The summed E-state index contributed by atoms with van der Waals surface area (Å²) in [6, 6.07) is 9.70. The molecule has 2 aromatic heterocycles. The first-order valence-corrected chi connectivity index (χ1v) is 10.6. The molecule has 0 spiro atoms. The number of nitrogens with one attached hydrogen (secondary N) is 1. The van der Waals surface area contributed by atoms with Crippen LogP contribution in [0.25, 0.3) is 11.3 Å². The lowest BCUT2D eigenvalue weighted by Crippen LogP contribution is -2.20. The molecule has 7 nitrogen and oxygen atoms in total. The van der Waals surface area contributed by atoms with Crippen molar-refractivity contribution in [3.8, 4) is 22.9 Å². The molecule has 0 radical (unpaired) electrons. The summed E-state index contributed by atoms with van der Waals surface area (Å²) < 4.78 is 48.1. The van der Waals surface area contributed by atoms with Crippen molar-refractivity contribution in [2.24, 2.45) is 0 Å². The number of halogens is 3. The molecular weight excluding hydrogens is 447 g/mol. The van der Waals surface area contributed by atoms with Gasteiger partial charge in [0.05, 0.1) is 12.3 Å². The van der Waals surface area contributed by atoms with Crippen molar-refractivity contribution in [2.45, 2.75) is 26.3 Å². The molecule has 0 amide bonds. The lowest BCUT2D eigenvalue weighted by Gasteiger charge is -2.17. The Morgan fingerprint density at radius 1 is 1.06 bits per heavy atom. The molecule has 2 heterocycles. The molecule has 3 rings (SSSR count). The second kappa shape index (κ2) is 11.5. The Balaban J connectivity index is 1.79. The van der Waals surface area contributed by atoms with Crippen LogP contribution in [0.2, 0.25) is 0 Å². The molecule has 1 N–H and O–H groups in total. The maximum absolute atomic E-state index is 12.8. The molecule has 0 saturated carbocycles. The number of hydrogen-bond donors (Lipinski definition) is 1. The van der Waals surface area contributed by atoms with Crippen molar-refractivity contribution in [1.29, 1.82) is 0 Å². The van der Waals surface area contributed by atoms with Gasteiger partial charge in [0.15, 0.2) is 0 Å². The minimum absolute atomic E-state index is 0.250. The first-order valence-electron chi connectivity index (χ1n) is 10.6. The van der Waals surface area contributed by atoms with Gasteiger partial charge < -0.3 is 19.7 Å². The zero-order valence-electron chi connectivity index (χ0n) is 19.1. The SMILES string of the molecule is C/C=C/CCOc1cc(-c2ccnc(Nc3ccc(OC(F)(F)F)c(CN(C)C)c3)n2)ccn1. The van der Waals surface area contributed by atoms with Gasteiger partial charge in [-0.15, -0.1) is 13.2 Å². The highest BCUT2D eigenvalue weighted by molar-refractivity contribution is 5.63. The number of aromatic nitrogens is 3. The Hall–Kier alpha value is -3.66. The van der Waals surface area contributed by atoms with E-state index in [9.17, 15) is 13.2 Å². The largest absolute Gasteiger partial charge is 0.573 e. The summed E-state index contributed by atoms with van der Waals surface area (Å²) in [5.74, 6) is 0.536. The average Bonchev–Trinajstić information content (AvgIpc) is 2.78. The normalized spacial score (nSPS) is 11.7. The van der Waals surface area contributed by atoms with Crippen LogP contribution >= 0.6 is 0 Å². The van der Waals surface area contributed by atoms with E-state index >= 15 is 0 Å². The summed E-state index contributed by atoms with van der Waals surface area (Å²) in [4.78, 5) is 14.7. The second-order valence-electron chi connectivity index (χ2n) is 7.59. The number of allylic oxidation sites excluding steroid dienone is 1. The van der Waals surface area contributed by atoms with E-state index in [0.29, 0.717) is 35.4 Å². The van der Waals surface area contributed by atoms with Crippen molar-refractivity contribution in [3.63, 3.8) is 0 Å². The summed E-state index contributed by atoms with van der Waals surface area (Å²) in [6.45, 7) is 2.73. The van der Waals surface area contributed by atoms with Crippen LogP contribution in [0.5, 0.6) is 11.6 Å². The first kappa shape index (κ1) is 25.0. The quantitative estimate of drug-likeness (QED) is 0.304. The summed E-state index contributed by atoms with van der Waals surface area (Å²) in [7, 11) is 3.52. The zero-order valence-corrected chi connectivity index (χ0v) is 19.1. The van der Waals surface area contributed by atoms with Crippen molar-refractivity contribution in [2.75, 3.05) is 26.0 Å². The van der Waals surface area contributed by atoms with E-state index in [-0.39, 0.29) is 12.3 Å². The number of hydrogen-bond acceptors (Lipinski definition) is 7. The molecular formula is C24H26F3N5O2. The Labute approximate surface area is 196 Å². The molecule has 180 valence electrons. The standard InChI is InChI=1S/C24H26F3N5O2/c1-4-5-6-13-33-22-15-17(9-11-28-22)20-10-12-29-23(31-20)30-19-7-8-21(34-24(25,26)27)18(14-19)16-32(2)3/h4-5,7-12,14-15H,6,13,16H2,1-3H3,(H,29,30,31)/b5-4+. The molecule has 3 aromatic rings. The van der Waals surface area contributed by atoms with E-state index in [0.717, 1.165) is 12.0 Å². The van der Waals surface area contributed by atoms with Gasteiger partial charge in [0.2, 0.25) is 11.8 Å². The monoisotopic (exact) mass is 473 g/mol. The van der Waals surface area contributed by atoms with Gasteiger partial charge in [-0.05, 0) is 57.8 Å². The van der Waals surface area contributed by atoms with Gasteiger partial charge in [0.25, 0.3) is 0 Å². The van der Waals surface area contributed by atoms with Crippen LogP contribution in [-0.4, -0.2) is 46.9 Å². The van der Waals surface area contributed by atoms with Gasteiger partial charge in [-0.3, -0.25) is 0 Å². The fraction of sp³-hybridized carbons (Fsp3) is 0.292. The molecule has 34 heavy (non-hydrogen) atoms. The van der Waals surface area contributed by atoms with Gasteiger partial charge >= 0.3 is 6.36 Å². The Bertz CT molecular complexity index is 1120. The summed E-state index contributed by atoms with van der Waals surface area (Å²) in [5.41, 5.74) is 2.34. The maximum atomic E-state index is 12.8. The minimum atomic E-state index is -4.77. The fourth-order valence-corrected chi connectivity index (χ4v) is 3.10. The van der Waals surface area contributed by atoms with Crippen molar-refractivity contribution < 1.29 is 22.6 Å². The van der Waals surface area contributed by atoms with E-state index in [1.807, 2.05) is 25.1 Å². The molecule has 0 fully saturated rings. The van der Waals surface area contributed by atoms with Gasteiger partial charge in [0, 0.05) is 41.8 Å². The van der Waals surface area contributed by atoms with Gasteiger partial charge in [-0.25, -0.2) is 15.0 Å². The lowest BCUT2D eigenvalue weighted by molar-refractivity contribution is -0.275. The van der Waals surface area contributed by atoms with Crippen LogP contribution in [0.4, 0.5) is 24.8 Å². The van der Waals surface area contributed by atoms with Crippen LogP contribution in [0.15, 0.2) is 60.9 Å². The number of pyridine rings is 1. The van der Waals surface area contributed by atoms with E-state index in [1.54, 1.807) is 49.6 Å². The number of rotatable bonds is 10. The summed E-state index contributed by atoms with van der Waals surface area (Å²) in [5, 5.41) is 3.05. The van der Waals surface area contributed by atoms with E-state index in [4.69, 9.17) is 4.74 Å². The first-order chi connectivity index (χ1) is 16.2. The molecule has 0 aliphatic rings. The molecule has 1 aromatic carbocycles. The molecule has 0 bridgehead atoms. The number of ether oxygens (including phenoxy) is 2. The molecule has 0 saturated heterocycles. The summed E-state index contributed by atoms with van der Waals surface area (Å²) >= 11 is 0. The van der Waals surface area contributed by atoms with E-state index in [1.165, 1.54) is 12.1 Å². The van der Waals surface area contributed by atoms with Crippen LogP contribution in [0.3, 0.4) is 0 Å². The Morgan fingerprint density at radius 2 is 1.85 bits per heavy atom. The van der Waals surface area contributed by atoms with Gasteiger partial charge in [0.1, 0.15) is 5.75 Å². The maximum Gasteiger partial charge on any atom is 0.573 e. The third-order valence-corrected chi connectivity index (χ3v) is 4.49. The number of nitrogens with zero attached hydrogens (tertiary/aromatic N) is 4. The molecule has 10 heteroatoms. The third kappa shape index (κ3) is 7.73. The molecule has 0 unspecified atom stereocenters. The fourth-order valence-electron chi connectivity index (χ4n) is 3.10. The van der Waals surface area contributed by atoms with Crippen LogP contribution in [-0.2, 0) is 6.54 Å². The summed E-state index contributed by atoms with van der Waals surface area (Å²) in [6.07, 6.45) is 3.22. The zero-order chi connectivity index (χ0) is 24.6. The highest BCUT2D eigenvalue weighted by Gasteiger charge is 2.32. The van der Waals surface area contributed by atoms with Gasteiger partial charge in [-0.1, -0.05) is 12.2 Å². The van der Waals surface area contributed by atoms with Crippen LogP contribution in [0.1, 0.15) is 18.9 Å². The topological polar surface area (TPSA) is 72.4 Å². The average molecular weight is 473 g/mol. The van der Waals surface area contributed by atoms with Crippen molar-refractivity contribution >= 4 is 11.6 Å². The highest BCUT2D eigenvalue weighted by atomic mass is 19.4. The molecule has 0 aliphatic carbocycles. The van der Waals surface area contributed by atoms with Crippen molar-refractivity contribution in [3.05, 3.63) is 66.5 Å². The van der Waals surface area contributed by atoms with Crippen LogP contribution in [0, 0.1) is 0 Å².